The van der Waals surface area contributed by atoms with E-state index in [0.717, 1.165) is 23.4 Å². The molecule has 0 saturated heterocycles. The molecule has 0 N–H and O–H groups in total. The lowest BCUT2D eigenvalue weighted by Gasteiger charge is -2.29. The van der Waals surface area contributed by atoms with Gasteiger partial charge in [-0.2, -0.15) is 0 Å². The standard InChI is InChI=1S/C14H19ClN4/c1-18-10-17-13-12(18)6-8-16-14(13)19(9-7-15)11-4-2-3-5-11/h6,8,10-11H,2-5,7,9H2,1H3. The summed E-state index contributed by atoms with van der Waals surface area (Å²) >= 11 is 5.99. The number of alkyl halides is 1. The van der Waals surface area contributed by atoms with Gasteiger partial charge in [-0.05, 0) is 18.9 Å². The number of aryl methyl sites for hydroxylation is 1. The number of halogens is 1. The SMILES string of the molecule is Cn1cnc2c(N(CCCl)C3CCCC3)nccc21. The van der Waals surface area contributed by atoms with Crippen molar-refractivity contribution in [3.05, 3.63) is 18.6 Å². The van der Waals surface area contributed by atoms with Crippen molar-refractivity contribution >= 4 is 28.5 Å². The van der Waals surface area contributed by atoms with Gasteiger partial charge in [-0.3, -0.25) is 0 Å². The van der Waals surface area contributed by atoms with E-state index in [9.17, 15) is 0 Å². The van der Waals surface area contributed by atoms with Gasteiger partial charge in [0.15, 0.2) is 5.82 Å². The first-order valence-electron chi connectivity index (χ1n) is 6.90. The Morgan fingerprint density at radius 2 is 2.16 bits per heavy atom. The highest BCUT2D eigenvalue weighted by Gasteiger charge is 2.25. The van der Waals surface area contributed by atoms with E-state index < -0.39 is 0 Å². The van der Waals surface area contributed by atoms with Crippen LogP contribution < -0.4 is 4.90 Å². The van der Waals surface area contributed by atoms with E-state index in [2.05, 4.69) is 14.9 Å². The predicted octanol–water partition coefficient (Wildman–Crippen LogP) is 2.96. The second-order valence-electron chi connectivity index (χ2n) is 5.18. The summed E-state index contributed by atoms with van der Waals surface area (Å²) in [4.78, 5) is 11.4. The molecule has 2 aromatic rings. The van der Waals surface area contributed by atoms with E-state index in [4.69, 9.17) is 11.6 Å². The maximum atomic E-state index is 5.99. The molecule has 0 aliphatic heterocycles. The predicted molar refractivity (Wildman–Crippen MR) is 78.8 cm³/mol. The summed E-state index contributed by atoms with van der Waals surface area (Å²) in [7, 11) is 2.01. The molecule has 1 aliphatic carbocycles. The Morgan fingerprint density at radius 3 is 2.89 bits per heavy atom. The lowest BCUT2D eigenvalue weighted by atomic mass is 10.2. The molecule has 1 aliphatic rings. The van der Waals surface area contributed by atoms with E-state index >= 15 is 0 Å². The fourth-order valence-electron chi connectivity index (χ4n) is 3.03. The molecule has 0 radical (unpaired) electrons. The molecular formula is C14H19ClN4. The van der Waals surface area contributed by atoms with Crippen molar-refractivity contribution in [1.82, 2.24) is 14.5 Å². The molecule has 0 unspecified atom stereocenters. The molecule has 0 amide bonds. The van der Waals surface area contributed by atoms with Crippen molar-refractivity contribution in [3.63, 3.8) is 0 Å². The number of imidazole rings is 1. The van der Waals surface area contributed by atoms with Crippen molar-refractivity contribution in [2.24, 2.45) is 7.05 Å². The Bertz CT molecular complexity index is 560. The highest BCUT2D eigenvalue weighted by atomic mass is 35.5. The topological polar surface area (TPSA) is 34.0 Å². The molecule has 0 spiro atoms. The lowest BCUT2D eigenvalue weighted by Crippen LogP contribution is -2.35. The van der Waals surface area contributed by atoms with Crippen molar-refractivity contribution in [2.45, 2.75) is 31.7 Å². The molecule has 2 aromatic heterocycles. The molecule has 0 atom stereocenters. The van der Waals surface area contributed by atoms with Crippen LogP contribution >= 0.6 is 11.6 Å². The number of rotatable bonds is 4. The van der Waals surface area contributed by atoms with Crippen molar-refractivity contribution in [2.75, 3.05) is 17.3 Å². The summed E-state index contributed by atoms with van der Waals surface area (Å²) in [5, 5.41) is 0. The van der Waals surface area contributed by atoms with Gasteiger partial charge < -0.3 is 9.47 Å². The van der Waals surface area contributed by atoms with Gasteiger partial charge in [-0.1, -0.05) is 12.8 Å². The fourth-order valence-corrected chi connectivity index (χ4v) is 3.21. The third kappa shape index (κ3) is 2.29. The van der Waals surface area contributed by atoms with E-state index in [1.165, 1.54) is 25.7 Å². The first-order valence-corrected chi connectivity index (χ1v) is 7.43. The molecule has 0 aromatic carbocycles. The zero-order valence-corrected chi connectivity index (χ0v) is 12.0. The van der Waals surface area contributed by atoms with Crippen LogP contribution in [-0.4, -0.2) is 33.0 Å². The maximum absolute atomic E-state index is 5.99. The fraction of sp³-hybridized carbons (Fsp3) is 0.571. The Balaban J connectivity index is 2.03. The smallest absolute Gasteiger partial charge is 0.157 e. The molecule has 4 nitrogen and oxygen atoms in total. The minimum Gasteiger partial charge on any atom is -0.351 e. The summed E-state index contributed by atoms with van der Waals surface area (Å²) < 4.78 is 2.04. The van der Waals surface area contributed by atoms with Crippen LogP contribution in [0.1, 0.15) is 25.7 Å². The van der Waals surface area contributed by atoms with Gasteiger partial charge in [0, 0.05) is 31.7 Å². The molecule has 19 heavy (non-hydrogen) atoms. The Labute approximate surface area is 118 Å². The van der Waals surface area contributed by atoms with E-state index in [1.54, 1.807) is 0 Å². The van der Waals surface area contributed by atoms with Gasteiger partial charge in [0.1, 0.15) is 5.52 Å². The molecule has 1 fully saturated rings. The zero-order chi connectivity index (χ0) is 13.2. The number of hydrogen-bond donors (Lipinski definition) is 0. The van der Waals surface area contributed by atoms with Crippen LogP contribution in [0.25, 0.3) is 11.0 Å². The van der Waals surface area contributed by atoms with Gasteiger partial charge in [-0.15, -0.1) is 11.6 Å². The lowest BCUT2D eigenvalue weighted by molar-refractivity contribution is 0.616. The Morgan fingerprint density at radius 1 is 1.37 bits per heavy atom. The van der Waals surface area contributed by atoms with E-state index in [-0.39, 0.29) is 0 Å². The highest BCUT2D eigenvalue weighted by Crippen LogP contribution is 2.30. The second kappa shape index (κ2) is 5.37. The molecular weight excluding hydrogens is 260 g/mol. The van der Waals surface area contributed by atoms with Gasteiger partial charge in [0.05, 0.1) is 11.8 Å². The minimum atomic E-state index is 0.568. The average molecular weight is 279 g/mol. The number of nitrogens with zero attached hydrogens (tertiary/aromatic N) is 4. The quantitative estimate of drug-likeness (QED) is 0.807. The van der Waals surface area contributed by atoms with Gasteiger partial charge in [-0.25, -0.2) is 9.97 Å². The Hall–Kier alpha value is -1.29. The van der Waals surface area contributed by atoms with Crippen LogP contribution in [0.4, 0.5) is 5.82 Å². The highest BCUT2D eigenvalue weighted by molar-refractivity contribution is 6.18. The van der Waals surface area contributed by atoms with Crippen LogP contribution in [-0.2, 0) is 7.05 Å². The summed E-state index contributed by atoms with van der Waals surface area (Å²) in [6.07, 6.45) is 8.81. The molecule has 2 heterocycles. The third-order valence-electron chi connectivity index (χ3n) is 3.99. The molecule has 0 bridgehead atoms. The van der Waals surface area contributed by atoms with Crippen molar-refractivity contribution in [1.29, 1.82) is 0 Å². The van der Waals surface area contributed by atoms with Gasteiger partial charge in [0.2, 0.25) is 0 Å². The number of aromatic nitrogens is 3. The number of hydrogen-bond acceptors (Lipinski definition) is 3. The van der Waals surface area contributed by atoms with Crippen LogP contribution in [0.3, 0.4) is 0 Å². The van der Waals surface area contributed by atoms with E-state index in [0.29, 0.717) is 11.9 Å². The van der Waals surface area contributed by atoms with E-state index in [1.807, 2.05) is 30.2 Å². The zero-order valence-electron chi connectivity index (χ0n) is 11.2. The maximum Gasteiger partial charge on any atom is 0.157 e. The summed E-state index contributed by atoms with van der Waals surface area (Å²) in [5.74, 6) is 1.62. The number of anilines is 1. The largest absolute Gasteiger partial charge is 0.351 e. The monoisotopic (exact) mass is 278 g/mol. The average Bonchev–Trinajstić information content (AvgIpc) is 3.06. The molecule has 1 saturated carbocycles. The Kier molecular flexibility index (Phi) is 3.60. The molecule has 5 heteroatoms. The van der Waals surface area contributed by atoms with Crippen LogP contribution in [0.2, 0.25) is 0 Å². The second-order valence-corrected chi connectivity index (χ2v) is 5.56. The van der Waals surface area contributed by atoms with Crippen LogP contribution in [0.5, 0.6) is 0 Å². The van der Waals surface area contributed by atoms with Crippen LogP contribution in [0.15, 0.2) is 18.6 Å². The van der Waals surface area contributed by atoms with Crippen LogP contribution in [0, 0.1) is 0 Å². The summed E-state index contributed by atoms with van der Waals surface area (Å²) in [6, 6.07) is 2.58. The van der Waals surface area contributed by atoms with Crippen molar-refractivity contribution < 1.29 is 0 Å². The summed E-state index contributed by atoms with van der Waals surface area (Å²) in [6.45, 7) is 0.842. The number of pyridine rings is 1. The minimum absolute atomic E-state index is 0.568. The summed E-state index contributed by atoms with van der Waals surface area (Å²) in [5.41, 5.74) is 2.12. The molecule has 3 rings (SSSR count). The third-order valence-corrected chi connectivity index (χ3v) is 4.16. The van der Waals surface area contributed by atoms with Crippen molar-refractivity contribution in [3.8, 4) is 0 Å². The number of fused-ring (bicyclic) bond motifs is 1. The van der Waals surface area contributed by atoms with Gasteiger partial charge >= 0.3 is 0 Å². The molecule has 102 valence electrons. The first kappa shape index (κ1) is 12.7. The first-order chi connectivity index (χ1) is 9.31. The van der Waals surface area contributed by atoms with Gasteiger partial charge in [0.25, 0.3) is 0 Å². The normalized spacial score (nSPS) is 16.3.